The number of hydrogen-bond acceptors (Lipinski definition) is 2. The minimum absolute atomic E-state index is 0.193. The van der Waals surface area contributed by atoms with Crippen LogP contribution in [0.3, 0.4) is 0 Å². The van der Waals surface area contributed by atoms with E-state index in [1.54, 1.807) is 6.33 Å². The van der Waals surface area contributed by atoms with Crippen LogP contribution < -0.4 is 0 Å². The van der Waals surface area contributed by atoms with E-state index in [4.69, 9.17) is 11.6 Å². The van der Waals surface area contributed by atoms with Gasteiger partial charge in [0.15, 0.2) is 0 Å². The van der Waals surface area contributed by atoms with E-state index < -0.39 is 6.10 Å². The monoisotopic (exact) mass is 320 g/mol. The molecule has 0 aliphatic rings. The molecule has 4 heteroatoms. The van der Waals surface area contributed by atoms with Crippen LogP contribution in [0, 0.1) is 12.3 Å². The fourth-order valence-electron chi connectivity index (χ4n) is 3.02. The molecule has 0 spiro atoms. The molecule has 0 aliphatic carbocycles. The lowest BCUT2D eigenvalue weighted by molar-refractivity contribution is 0.0128. The number of aliphatic hydroxyl groups excluding tert-OH is 1. The molecule has 0 saturated carbocycles. The van der Waals surface area contributed by atoms with Gasteiger partial charge in [0.05, 0.1) is 24.2 Å². The van der Waals surface area contributed by atoms with Crippen molar-refractivity contribution in [2.45, 2.75) is 52.7 Å². The number of rotatable bonds is 6. The third-order valence-electron chi connectivity index (χ3n) is 4.24. The second kappa shape index (κ2) is 6.84. The highest BCUT2D eigenvalue weighted by Crippen LogP contribution is 2.37. The van der Waals surface area contributed by atoms with Crippen molar-refractivity contribution < 1.29 is 5.11 Å². The Balaban J connectivity index is 2.46. The molecule has 0 fully saturated rings. The van der Waals surface area contributed by atoms with E-state index >= 15 is 0 Å². The summed E-state index contributed by atoms with van der Waals surface area (Å²) in [7, 11) is 0. The van der Waals surface area contributed by atoms with E-state index in [1.807, 2.05) is 42.0 Å². The average molecular weight is 321 g/mol. The smallest absolute Gasteiger partial charge is 0.0955 e. The van der Waals surface area contributed by atoms with Gasteiger partial charge in [0.1, 0.15) is 0 Å². The highest BCUT2D eigenvalue weighted by molar-refractivity contribution is 6.30. The van der Waals surface area contributed by atoms with E-state index in [9.17, 15) is 5.11 Å². The van der Waals surface area contributed by atoms with Crippen molar-refractivity contribution in [1.82, 2.24) is 9.55 Å². The first kappa shape index (κ1) is 17.0. The summed E-state index contributed by atoms with van der Waals surface area (Å²) >= 11 is 6.16. The van der Waals surface area contributed by atoms with E-state index in [0.29, 0.717) is 5.02 Å². The zero-order valence-corrected chi connectivity index (χ0v) is 14.5. The van der Waals surface area contributed by atoms with E-state index in [1.165, 1.54) is 0 Å². The molecule has 0 saturated heterocycles. The van der Waals surface area contributed by atoms with Crippen LogP contribution in [0.4, 0.5) is 0 Å². The maximum atomic E-state index is 11.1. The maximum Gasteiger partial charge on any atom is 0.0955 e. The standard InChI is InChI=1S/C18H25ClN2O/c1-5-9-18(3,4)17(22)16(21-11-13(2)20-12-21)14-7-6-8-15(19)10-14/h6-8,10-12,16-17,22H,5,9H2,1-4H3. The molecule has 1 N–H and O–H groups in total. The lowest BCUT2D eigenvalue weighted by atomic mass is 9.77. The average Bonchev–Trinajstić information content (AvgIpc) is 2.85. The summed E-state index contributed by atoms with van der Waals surface area (Å²) in [6, 6.07) is 7.52. The Bertz CT molecular complexity index is 621. The molecule has 0 amide bonds. The Morgan fingerprint density at radius 1 is 1.36 bits per heavy atom. The number of hydrogen-bond donors (Lipinski definition) is 1. The summed E-state index contributed by atoms with van der Waals surface area (Å²) in [6.07, 6.45) is 5.22. The molecule has 1 aromatic carbocycles. The molecule has 2 atom stereocenters. The SMILES string of the molecule is CCCC(C)(C)C(O)C(c1cccc(Cl)c1)n1cnc(C)c1. The van der Waals surface area contributed by atoms with Crippen LogP contribution in [0.2, 0.25) is 5.02 Å². The number of nitrogens with zero attached hydrogens (tertiary/aromatic N) is 2. The van der Waals surface area contributed by atoms with Gasteiger partial charge in [-0.3, -0.25) is 0 Å². The molecule has 22 heavy (non-hydrogen) atoms. The van der Waals surface area contributed by atoms with Crippen LogP contribution in [0.1, 0.15) is 50.9 Å². The highest BCUT2D eigenvalue weighted by Gasteiger charge is 2.35. The van der Waals surface area contributed by atoms with E-state index in [-0.39, 0.29) is 11.5 Å². The summed E-state index contributed by atoms with van der Waals surface area (Å²) < 4.78 is 1.99. The summed E-state index contributed by atoms with van der Waals surface area (Å²) in [5.74, 6) is 0. The van der Waals surface area contributed by atoms with Gasteiger partial charge in [-0.1, -0.05) is 50.9 Å². The number of halogens is 1. The first-order valence-electron chi connectivity index (χ1n) is 7.78. The van der Waals surface area contributed by atoms with Crippen molar-refractivity contribution >= 4 is 11.6 Å². The normalized spacial score (nSPS) is 14.8. The van der Waals surface area contributed by atoms with Gasteiger partial charge in [-0.25, -0.2) is 4.98 Å². The predicted octanol–water partition coefficient (Wildman–Crippen LogP) is 4.62. The number of aliphatic hydroxyl groups is 1. The topological polar surface area (TPSA) is 38.0 Å². The first-order valence-corrected chi connectivity index (χ1v) is 8.16. The molecule has 1 heterocycles. The molecule has 0 radical (unpaired) electrons. The summed E-state index contributed by atoms with van der Waals surface area (Å²) in [6.45, 7) is 8.32. The molecule has 0 aliphatic heterocycles. The lowest BCUT2D eigenvalue weighted by Gasteiger charge is -2.37. The summed E-state index contributed by atoms with van der Waals surface area (Å²) in [4.78, 5) is 4.31. The highest BCUT2D eigenvalue weighted by atomic mass is 35.5. The predicted molar refractivity (Wildman–Crippen MR) is 91.3 cm³/mol. The zero-order chi connectivity index (χ0) is 16.3. The molecule has 2 rings (SSSR count). The van der Waals surface area contributed by atoms with Crippen LogP contribution in [0.15, 0.2) is 36.8 Å². The Kier molecular flexibility index (Phi) is 5.30. The van der Waals surface area contributed by atoms with E-state index in [0.717, 1.165) is 24.1 Å². The van der Waals surface area contributed by atoms with Gasteiger partial charge in [0.25, 0.3) is 0 Å². The molecule has 2 unspecified atom stereocenters. The van der Waals surface area contributed by atoms with Crippen molar-refractivity contribution in [3.05, 3.63) is 53.1 Å². The molecule has 0 bridgehead atoms. The number of aromatic nitrogens is 2. The third-order valence-corrected chi connectivity index (χ3v) is 4.47. The van der Waals surface area contributed by atoms with Gasteiger partial charge < -0.3 is 9.67 Å². The fourth-order valence-corrected chi connectivity index (χ4v) is 3.22. The van der Waals surface area contributed by atoms with Gasteiger partial charge >= 0.3 is 0 Å². The number of imidazole rings is 1. The number of benzene rings is 1. The second-order valence-corrected chi connectivity index (χ2v) is 7.08. The van der Waals surface area contributed by atoms with Crippen LogP contribution in [0.5, 0.6) is 0 Å². The summed E-state index contributed by atoms with van der Waals surface area (Å²) in [5.41, 5.74) is 1.74. The fraction of sp³-hybridized carbons (Fsp3) is 0.500. The molecule has 3 nitrogen and oxygen atoms in total. The van der Waals surface area contributed by atoms with Crippen molar-refractivity contribution in [3.8, 4) is 0 Å². The molecule has 2 aromatic rings. The van der Waals surface area contributed by atoms with Gasteiger partial charge in [0.2, 0.25) is 0 Å². The van der Waals surface area contributed by atoms with Crippen LogP contribution in [0.25, 0.3) is 0 Å². The van der Waals surface area contributed by atoms with Gasteiger partial charge in [0, 0.05) is 11.2 Å². The molecule has 120 valence electrons. The Morgan fingerprint density at radius 3 is 2.64 bits per heavy atom. The first-order chi connectivity index (χ1) is 10.3. The van der Waals surface area contributed by atoms with Gasteiger partial charge in [-0.2, -0.15) is 0 Å². The second-order valence-electron chi connectivity index (χ2n) is 6.65. The Hall–Kier alpha value is -1.32. The lowest BCUT2D eigenvalue weighted by Crippen LogP contribution is -2.37. The van der Waals surface area contributed by atoms with Crippen molar-refractivity contribution in [2.24, 2.45) is 5.41 Å². The van der Waals surface area contributed by atoms with Crippen LogP contribution in [-0.4, -0.2) is 20.8 Å². The van der Waals surface area contributed by atoms with E-state index in [2.05, 4.69) is 25.8 Å². The van der Waals surface area contributed by atoms with Crippen molar-refractivity contribution in [2.75, 3.05) is 0 Å². The molecule has 1 aromatic heterocycles. The van der Waals surface area contributed by atoms with Gasteiger partial charge in [-0.15, -0.1) is 0 Å². The molecular formula is C18H25ClN2O. The summed E-state index contributed by atoms with van der Waals surface area (Å²) in [5, 5.41) is 11.8. The van der Waals surface area contributed by atoms with Crippen molar-refractivity contribution in [1.29, 1.82) is 0 Å². The van der Waals surface area contributed by atoms with Crippen LogP contribution in [-0.2, 0) is 0 Å². The van der Waals surface area contributed by atoms with Gasteiger partial charge in [-0.05, 0) is 36.5 Å². The third kappa shape index (κ3) is 3.71. The van der Waals surface area contributed by atoms with Crippen molar-refractivity contribution in [3.63, 3.8) is 0 Å². The largest absolute Gasteiger partial charge is 0.390 e. The minimum Gasteiger partial charge on any atom is -0.390 e. The minimum atomic E-state index is -0.528. The maximum absolute atomic E-state index is 11.1. The zero-order valence-electron chi connectivity index (χ0n) is 13.8. The Morgan fingerprint density at radius 2 is 2.09 bits per heavy atom. The molecular weight excluding hydrogens is 296 g/mol. The number of aryl methyl sites for hydroxylation is 1. The van der Waals surface area contributed by atoms with Crippen LogP contribution >= 0.6 is 11.6 Å². The quantitative estimate of drug-likeness (QED) is 0.843. The Labute approximate surface area is 138 Å².